The van der Waals surface area contributed by atoms with Crippen LogP contribution in [0.2, 0.25) is 0 Å². The van der Waals surface area contributed by atoms with Crippen LogP contribution in [0.4, 0.5) is 5.69 Å². The molecule has 0 N–H and O–H groups in total. The Labute approximate surface area is 163 Å². The van der Waals surface area contributed by atoms with Gasteiger partial charge in [-0.25, -0.2) is 0 Å². The zero-order valence-corrected chi connectivity index (χ0v) is 15.6. The first-order valence-corrected chi connectivity index (χ1v) is 9.41. The Hall–Kier alpha value is -3.25. The van der Waals surface area contributed by atoms with Gasteiger partial charge < -0.3 is 0 Å². The van der Waals surface area contributed by atoms with Crippen LogP contribution in [-0.2, 0) is 6.54 Å². The number of fused-ring (bicyclic) bond motifs is 1. The van der Waals surface area contributed by atoms with E-state index in [9.17, 15) is 10.1 Å². The molecule has 0 bridgehead atoms. The number of hydrazone groups is 1. The second-order valence-electron chi connectivity index (χ2n) is 6.96. The third-order valence-corrected chi connectivity index (χ3v) is 5.07. The molecule has 1 aliphatic rings. The van der Waals surface area contributed by atoms with Crippen molar-refractivity contribution >= 4 is 22.7 Å². The SMILES string of the molecule is O=[N+]([O-])c1cccc(/C=N\N2CCN(Cc3cccc4ccccc34)CC2)c1. The zero-order chi connectivity index (χ0) is 19.3. The summed E-state index contributed by atoms with van der Waals surface area (Å²) in [5.74, 6) is 0. The molecule has 0 spiro atoms. The number of nitro benzene ring substituents is 1. The van der Waals surface area contributed by atoms with Crippen molar-refractivity contribution in [2.75, 3.05) is 26.2 Å². The van der Waals surface area contributed by atoms with E-state index in [0.29, 0.717) is 0 Å². The van der Waals surface area contributed by atoms with Crippen molar-refractivity contribution in [2.24, 2.45) is 5.10 Å². The molecule has 4 rings (SSSR count). The summed E-state index contributed by atoms with van der Waals surface area (Å²) in [7, 11) is 0. The largest absolute Gasteiger partial charge is 0.295 e. The van der Waals surface area contributed by atoms with Gasteiger partial charge in [-0.2, -0.15) is 5.10 Å². The smallest absolute Gasteiger partial charge is 0.270 e. The number of non-ortho nitro benzene ring substituents is 1. The van der Waals surface area contributed by atoms with Gasteiger partial charge >= 0.3 is 0 Å². The standard InChI is InChI=1S/C22H22N4O2/c27-26(28)21-9-3-5-18(15-21)16-23-25-13-11-24(12-14-25)17-20-8-4-7-19-6-1-2-10-22(19)20/h1-10,15-16H,11-14,17H2/b23-16-. The summed E-state index contributed by atoms with van der Waals surface area (Å²) < 4.78 is 0. The first-order chi connectivity index (χ1) is 13.7. The lowest BCUT2D eigenvalue weighted by atomic mass is 10.0. The van der Waals surface area contributed by atoms with Gasteiger partial charge in [0.05, 0.1) is 11.1 Å². The molecule has 0 aliphatic carbocycles. The average Bonchev–Trinajstić information content (AvgIpc) is 2.74. The molecule has 3 aromatic rings. The Bertz CT molecular complexity index is 1000. The molecule has 28 heavy (non-hydrogen) atoms. The normalized spacial score (nSPS) is 15.4. The number of hydrogen-bond acceptors (Lipinski definition) is 5. The maximum absolute atomic E-state index is 10.9. The topological polar surface area (TPSA) is 62.0 Å². The van der Waals surface area contributed by atoms with E-state index >= 15 is 0 Å². The molecule has 6 nitrogen and oxygen atoms in total. The minimum atomic E-state index is -0.386. The maximum Gasteiger partial charge on any atom is 0.270 e. The van der Waals surface area contributed by atoms with E-state index in [2.05, 4.69) is 52.5 Å². The van der Waals surface area contributed by atoms with Gasteiger partial charge in [0.1, 0.15) is 0 Å². The van der Waals surface area contributed by atoms with Gasteiger partial charge in [-0.15, -0.1) is 0 Å². The molecule has 1 aliphatic heterocycles. The second-order valence-corrected chi connectivity index (χ2v) is 6.96. The first kappa shape index (κ1) is 18.1. The van der Waals surface area contributed by atoms with E-state index in [-0.39, 0.29) is 10.6 Å². The number of hydrogen-bond donors (Lipinski definition) is 0. The van der Waals surface area contributed by atoms with Crippen molar-refractivity contribution in [3.05, 3.63) is 88.0 Å². The molecule has 0 amide bonds. The second kappa shape index (κ2) is 8.19. The highest BCUT2D eigenvalue weighted by Crippen LogP contribution is 2.20. The van der Waals surface area contributed by atoms with Gasteiger partial charge in [-0.05, 0) is 16.3 Å². The lowest BCUT2D eigenvalue weighted by Gasteiger charge is -2.33. The maximum atomic E-state index is 10.9. The molecule has 3 aromatic carbocycles. The van der Waals surface area contributed by atoms with Crippen LogP contribution in [0.3, 0.4) is 0 Å². The zero-order valence-electron chi connectivity index (χ0n) is 15.6. The average molecular weight is 374 g/mol. The van der Waals surface area contributed by atoms with E-state index in [0.717, 1.165) is 38.3 Å². The van der Waals surface area contributed by atoms with Crippen LogP contribution in [-0.4, -0.2) is 47.2 Å². The number of piperazine rings is 1. The van der Waals surface area contributed by atoms with Crippen LogP contribution in [0.15, 0.2) is 71.8 Å². The number of benzene rings is 3. The minimum absolute atomic E-state index is 0.0869. The van der Waals surface area contributed by atoms with E-state index in [1.807, 2.05) is 11.1 Å². The third-order valence-electron chi connectivity index (χ3n) is 5.07. The molecule has 142 valence electrons. The summed E-state index contributed by atoms with van der Waals surface area (Å²) in [4.78, 5) is 12.9. The monoisotopic (exact) mass is 374 g/mol. The number of nitro groups is 1. The molecular weight excluding hydrogens is 352 g/mol. The Kier molecular flexibility index (Phi) is 5.30. The molecule has 0 unspecified atom stereocenters. The van der Waals surface area contributed by atoms with Crippen LogP contribution < -0.4 is 0 Å². The lowest BCUT2D eigenvalue weighted by Crippen LogP contribution is -2.43. The number of nitrogens with zero attached hydrogens (tertiary/aromatic N) is 4. The van der Waals surface area contributed by atoms with Crippen molar-refractivity contribution in [1.82, 2.24) is 9.91 Å². The van der Waals surface area contributed by atoms with Crippen LogP contribution >= 0.6 is 0 Å². The van der Waals surface area contributed by atoms with Gasteiger partial charge in [-0.1, -0.05) is 54.6 Å². The Balaban J connectivity index is 1.36. The summed E-state index contributed by atoms with van der Waals surface area (Å²) in [6, 6.07) is 21.5. The first-order valence-electron chi connectivity index (χ1n) is 9.41. The van der Waals surface area contributed by atoms with Crippen molar-refractivity contribution in [3.63, 3.8) is 0 Å². The Morgan fingerprint density at radius 3 is 2.54 bits per heavy atom. The predicted molar refractivity (Wildman–Crippen MR) is 111 cm³/mol. The highest BCUT2D eigenvalue weighted by atomic mass is 16.6. The van der Waals surface area contributed by atoms with Crippen molar-refractivity contribution in [3.8, 4) is 0 Å². The lowest BCUT2D eigenvalue weighted by molar-refractivity contribution is -0.384. The summed E-state index contributed by atoms with van der Waals surface area (Å²) >= 11 is 0. The fourth-order valence-electron chi connectivity index (χ4n) is 3.55. The van der Waals surface area contributed by atoms with Crippen molar-refractivity contribution in [1.29, 1.82) is 0 Å². The quantitative estimate of drug-likeness (QED) is 0.386. The van der Waals surface area contributed by atoms with Gasteiger partial charge in [0.15, 0.2) is 0 Å². The Morgan fingerprint density at radius 1 is 0.964 bits per heavy atom. The minimum Gasteiger partial charge on any atom is -0.295 e. The van der Waals surface area contributed by atoms with Crippen LogP contribution in [0.25, 0.3) is 10.8 Å². The molecule has 0 atom stereocenters. The van der Waals surface area contributed by atoms with E-state index in [4.69, 9.17) is 0 Å². The van der Waals surface area contributed by atoms with Crippen molar-refractivity contribution in [2.45, 2.75) is 6.54 Å². The fourth-order valence-corrected chi connectivity index (χ4v) is 3.55. The summed E-state index contributed by atoms with van der Waals surface area (Å²) in [5, 5.41) is 20.0. The summed E-state index contributed by atoms with van der Waals surface area (Å²) in [5.41, 5.74) is 2.18. The molecular formula is C22H22N4O2. The summed E-state index contributed by atoms with van der Waals surface area (Å²) in [6.45, 7) is 4.50. The highest BCUT2D eigenvalue weighted by Gasteiger charge is 2.16. The molecule has 0 aromatic heterocycles. The molecule has 0 radical (unpaired) electrons. The molecule has 6 heteroatoms. The van der Waals surface area contributed by atoms with Crippen LogP contribution in [0, 0.1) is 10.1 Å². The van der Waals surface area contributed by atoms with Crippen LogP contribution in [0.1, 0.15) is 11.1 Å². The van der Waals surface area contributed by atoms with Gasteiger partial charge in [-0.3, -0.25) is 20.0 Å². The highest BCUT2D eigenvalue weighted by molar-refractivity contribution is 5.85. The number of rotatable bonds is 5. The fraction of sp³-hybridized carbons (Fsp3) is 0.227. The summed E-state index contributed by atoms with van der Waals surface area (Å²) in [6.07, 6.45) is 1.70. The van der Waals surface area contributed by atoms with Gasteiger partial charge in [0.2, 0.25) is 0 Å². The predicted octanol–water partition coefficient (Wildman–Crippen LogP) is 3.90. The van der Waals surface area contributed by atoms with E-state index in [1.165, 1.54) is 22.4 Å². The third kappa shape index (κ3) is 4.18. The molecule has 1 heterocycles. The van der Waals surface area contributed by atoms with E-state index in [1.54, 1.807) is 18.3 Å². The van der Waals surface area contributed by atoms with Gasteiger partial charge in [0.25, 0.3) is 5.69 Å². The molecule has 1 saturated heterocycles. The Morgan fingerprint density at radius 2 is 1.71 bits per heavy atom. The van der Waals surface area contributed by atoms with Crippen molar-refractivity contribution < 1.29 is 4.92 Å². The molecule has 0 saturated carbocycles. The van der Waals surface area contributed by atoms with E-state index < -0.39 is 0 Å². The van der Waals surface area contributed by atoms with Crippen LogP contribution in [0.5, 0.6) is 0 Å². The molecule has 1 fully saturated rings. The van der Waals surface area contributed by atoms with Gasteiger partial charge in [0, 0.05) is 50.4 Å².